The number of H-pyrrole nitrogens is 1. The zero-order valence-electron chi connectivity index (χ0n) is 18.8. The number of ether oxygens (including phenoxy) is 1. The van der Waals surface area contributed by atoms with E-state index in [4.69, 9.17) is 9.72 Å². The molecule has 9 heteroatoms. The fraction of sp³-hybridized carbons (Fsp3) is 0.192. The van der Waals surface area contributed by atoms with Crippen molar-refractivity contribution in [2.45, 2.75) is 11.4 Å². The third kappa shape index (κ3) is 4.01. The highest BCUT2D eigenvalue weighted by atomic mass is 32.2. The molecule has 0 saturated carbocycles. The lowest BCUT2D eigenvalue weighted by atomic mass is 10.0. The summed E-state index contributed by atoms with van der Waals surface area (Å²) in [4.78, 5) is 10.6. The average molecular weight is 491 g/mol. The zero-order valence-corrected chi connectivity index (χ0v) is 19.6. The number of hydrogen-bond donors (Lipinski definition) is 1. The summed E-state index contributed by atoms with van der Waals surface area (Å²) < 4.78 is 47.6. The third-order valence-electron chi connectivity index (χ3n) is 6.35. The van der Waals surface area contributed by atoms with Crippen molar-refractivity contribution in [1.82, 2.24) is 18.8 Å². The SMILES string of the molecule is O=S(=O)(c1ccccc1)n1cc(-c2ccc3[nH]c(CN4CCOCC4)nc3c2)c2ccc(F)cc21. The molecule has 0 atom stereocenters. The van der Waals surface area contributed by atoms with Crippen LogP contribution in [0, 0.1) is 5.82 Å². The molecule has 0 aliphatic carbocycles. The number of nitrogens with zero attached hydrogens (tertiary/aromatic N) is 3. The lowest BCUT2D eigenvalue weighted by Crippen LogP contribution is -2.35. The van der Waals surface area contributed by atoms with E-state index in [9.17, 15) is 12.8 Å². The third-order valence-corrected chi connectivity index (χ3v) is 8.04. The minimum absolute atomic E-state index is 0.142. The average Bonchev–Trinajstić information content (AvgIpc) is 3.45. The standard InChI is InChI=1S/C26H23FN4O3S/c27-19-7-8-21-22(16-31(25(21)15-19)35(32,33)20-4-2-1-3-5-20)18-6-9-23-24(14-18)29-26(28-23)17-30-10-12-34-13-11-30/h1-9,14-16H,10-13,17H2,(H,28,29). The molecule has 0 bridgehead atoms. The highest BCUT2D eigenvalue weighted by molar-refractivity contribution is 7.90. The largest absolute Gasteiger partial charge is 0.379 e. The Morgan fingerprint density at radius 3 is 2.60 bits per heavy atom. The number of aromatic nitrogens is 3. The van der Waals surface area contributed by atoms with Crippen LogP contribution in [0.15, 0.2) is 77.8 Å². The monoisotopic (exact) mass is 490 g/mol. The smallest absolute Gasteiger partial charge is 0.268 e. The Labute approximate surface area is 201 Å². The van der Waals surface area contributed by atoms with E-state index >= 15 is 0 Å². The van der Waals surface area contributed by atoms with E-state index in [1.807, 2.05) is 18.2 Å². The maximum atomic E-state index is 14.2. The van der Waals surface area contributed by atoms with E-state index in [0.29, 0.717) is 23.0 Å². The normalized spacial score (nSPS) is 15.2. The van der Waals surface area contributed by atoms with Gasteiger partial charge in [0.2, 0.25) is 0 Å². The first kappa shape index (κ1) is 22.0. The van der Waals surface area contributed by atoms with Crippen LogP contribution in [0.4, 0.5) is 4.39 Å². The number of hydrogen-bond acceptors (Lipinski definition) is 5. The van der Waals surface area contributed by atoms with Crippen molar-refractivity contribution in [3.05, 3.63) is 84.6 Å². The molecular formula is C26H23FN4O3S. The Kier molecular flexibility index (Phi) is 5.40. The van der Waals surface area contributed by atoms with Gasteiger partial charge in [-0.05, 0) is 48.0 Å². The minimum atomic E-state index is -3.91. The zero-order chi connectivity index (χ0) is 24.0. The first-order chi connectivity index (χ1) is 17.0. The molecule has 7 nitrogen and oxygen atoms in total. The molecule has 1 fully saturated rings. The fourth-order valence-electron chi connectivity index (χ4n) is 4.58. The second-order valence-corrected chi connectivity index (χ2v) is 10.4. The van der Waals surface area contributed by atoms with Crippen LogP contribution in [0.1, 0.15) is 5.82 Å². The molecule has 1 aliphatic rings. The number of nitrogens with one attached hydrogen (secondary N) is 1. The van der Waals surface area contributed by atoms with Gasteiger partial charge in [-0.1, -0.05) is 24.3 Å². The van der Waals surface area contributed by atoms with Gasteiger partial charge in [-0.15, -0.1) is 0 Å². The summed E-state index contributed by atoms with van der Waals surface area (Å²) in [6.45, 7) is 3.89. The molecular weight excluding hydrogens is 467 g/mol. The van der Waals surface area contributed by atoms with E-state index in [0.717, 1.165) is 52.7 Å². The molecule has 5 aromatic rings. The first-order valence-corrected chi connectivity index (χ1v) is 12.8. The highest BCUT2D eigenvalue weighted by Gasteiger charge is 2.22. The molecule has 178 valence electrons. The summed E-state index contributed by atoms with van der Waals surface area (Å²) in [5, 5.41) is 0.648. The van der Waals surface area contributed by atoms with Crippen LogP contribution < -0.4 is 0 Å². The Bertz CT molecular complexity index is 1640. The summed E-state index contributed by atoms with van der Waals surface area (Å²) in [5.41, 5.74) is 3.49. The van der Waals surface area contributed by atoms with Crippen LogP contribution in [0.3, 0.4) is 0 Å². The van der Waals surface area contributed by atoms with E-state index in [1.165, 1.54) is 24.3 Å². The van der Waals surface area contributed by atoms with Crippen molar-refractivity contribution in [2.75, 3.05) is 26.3 Å². The Hall–Kier alpha value is -3.53. The van der Waals surface area contributed by atoms with Crippen molar-refractivity contribution in [1.29, 1.82) is 0 Å². The molecule has 2 aromatic heterocycles. The van der Waals surface area contributed by atoms with Crippen molar-refractivity contribution in [2.24, 2.45) is 0 Å². The number of morpholine rings is 1. The molecule has 35 heavy (non-hydrogen) atoms. The predicted molar refractivity (Wildman–Crippen MR) is 132 cm³/mol. The molecule has 0 unspecified atom stereocenters. The number of rotatable bonds is 5. The molecule has 1 N–H and O–H groups in total. The van der Waals surface area contributed by atoms with Gasteiger partial charge in [0.25, 0.3) is 10.0 Å². The van der Waals surface area contributed by atoms with Crippen LogP contribution in [0.2, 0.25) is 0 Å². The van der Waals surface area contributed by atoms with E-state index in [1.54, 1.807) is 30.5 Å². The highest BCUT2D eigenvalue weighted by Crippen LogP contribution is 2.34. The van der Waals surface area contributed by atoms with Gasteiger partial charge in [-0.25, -0.2) is 21.8 Å². The van der Waals surface area contributed by atoms with E-state index in [2.05, 4.69) is 9.88 Å². The topological polar surface area (TPSA) is 80.2 Å². The van der Waals surface area contributed by atoms with E-state index < -0.39 is 15.8 Å². The van der Waals surface area contributed by atoms with Crippen molar-refractivity contribution in [3.63, 3.8) is 0 Å². The lowest BCUT2D eigenvalue weighted by Gasteiger charge is -2.25. The molecule has 0 spiro atoms. The maximum absolute atomic E-state index is 14.2. The van der Waals surface area contributed by atoms with Gasteiger partial charge in [0, 0.05) is 30.2 Å². The predicted octanol–water partition coefficient (Wildman–Crippen LogP) is 4.39. The fourth-order valence-corrected chi connectivity index (χ4v) is 5.96. The van der Waals surface area contributed by atoms with Gasteiger partial charge < -0.3 is 9.72 Å². The van der Waals surface area contributed by atoms with Gasteiger partial charge >= 0.3 is 0 Å². The number of benzene rings is 3. The molecule has 1 aliphatic heterocycles. The summed E-state index contributed by atoms with van der Waals surface area (Å²) in [7, 11) is -3.91. The van der Waals surface area contributed by atoms with Gasteiger partial charge in [-0.3, -0.25) is 4.90 Å². The second-order valence-electron chi connectivity index (χ2n) is 8.62. The summed E-state index contributed by atoms with van der Waals surface area (Å²) >= 11 is 0. The Morgan fingerprint density at radius 1 is 1.00 bits per heavy atom. The van der Waals surface area contributed by atoms with Crippen LogP contribution in [0.25, 0.3) is 33.1 Å². The van der Waals surface area contributed by atoms with Gasteiger partial charge in [0.05, 0.1) is 41.2 Å². The lowest BCUT2D eigenvalue weighted by molar-refractivity contribution is 0.0332. The van der Waals surface area contributed by atoms with E-state index in [-0.39, 0.29) is 4.90 Å². The van der Waals surface area contributed by atoms with Crippen LogP contribution in [-0.4, -0.2) is 53.6 Å². The van der Waals surface area contributed by atoms with Crippen molar-refractivity contribution in [3.8, 4) is 11.1 Å². The van der Waals surface area contributed by atoms with Crippen LogP contribution >= 0.6 is 0 Å². The Morgan fingerprint density at radius 2 is 1.80 bits per heavy atom. The second kappa shape index (κ2) is 8.60. The number of aromatic amines is 1. The number of fused-ring (bicyclic) bond motifs is 2. The molecule has 1 saturated heterocycles. The van der Waals surface area contributed by atoms with Gasteiger partial charge in [0.15, 0.2) is 0 Å². The molecule has 6 rings (SSSR count). The van der Waals surface area contributed by atoms with Gasteiger partial charge in [0.1, 0.15) is 11.6 Å². The summed E-state index contributed by atoms with van der Waals surface area (Å²) in [6.07, 6.45) is 1.56. The summed E-state index contributed by atoms with van der Waals surface area (Å²) in [5.74, 6) is 0.373. The first-order valence-electron chi connectivity index (χ1n) is 11.4. The maximum Gasteiger partial charge on any atom is 0.268 e. The number of halogens is 1. The van der Waals surface area contributed by atoms with Crippen molar-refractivity contribution >= 4 is 32.0 Å². The molecule has 3 aromatic carbocycles. The summed E-state index contributed by atoms with van der Waals surface area (Å²) in [6, 6.07) is 18.2. The van der Waals surface area contributed by atoms with Gasteiger partial charge in [-0.2, -0.15) is 0 Å². The Balaban J connectivity index is 1.44. The molecule has 0 amide bonds. The van der Waals surface area contributed by atoms with Crippen molar-refractivity contribution < 1.29 is 17.5 Å². The van der Waals surface area contributed by atoms with Crippen LogP contribution in [-0.2, 0) is 21.3 Å². The van der Waals surface area contributed by atoms with Crippen LogP contribution in [0.5, 0.6) is 0 Å². The quantitative estimate of drug-likeness (QED) is 0.395. The molecule has 0 radical (unpaired) electrons. The minimum Gasteiger partial charge on any atom is -0.379 e. The molecule has 3 heterocycles. The number of imidazole rings is 1.